The molecule has 7 heteroatoms. The summed E-state index contributed by atoms with van der Waals surface area (Å²) in [7, 11) is 3.00. The van der Waals surface area contributed by atoms with Crippen LogP contribution in [0.4, 0.5) is 8.78 Å². The van der Waals surface area contributed by atoms with Crippen LogP contribution in [0, 0.1) is 20.8 Å². The van der Waals surface area contributed by atoms with E-state index in [1.54, 1.807) is 13.1 Å². The molecular formula is C22H23F2NO4. The normalized spacial score (nSPS) is 11.2. The quantitative estimate of drug-likeness (QED) is 0.565. The van der Waals surface area contributed by atoms with Crippen molar-refractivity contribution in [2.45, 2.75) is 33.9 Å². The van der Waals surface area contributed by atoms with Crippen molar-refractivity contribution in [1.82, 2.24) is 4.90 Å². The van der Waals surface area contributed by atoms with E-state index in [-0.39, 0.29) is 29.7 Å². The first-order valence-electron chi connectivity index (χ1n) is 9.09. The molecule has 5 nitrogen and oxygen atoms in total. The van der Waals surface area contributed by atoms with E-state index in [4.69, 9.17) is 9.15 Å². The maximum Gasteiger partial charge on any atom is 0.387 e. The zero-order valence-electron chi connectivity index (χ0n) is 17.0. The van der Waals surface area contributed by atoms with E-state index in [2.05, 4.69) is 4.74 Å². The van der Waals surface area contributed by atoms with Gasteiger partial charge < -0.3 is 18.8 Å². The first-order valence-corrected chi connectivity index (χ1v) is 9.09. The molecule has 3 rings (SSSR count). The Kier molecular flexibility index (Phi) is 5.77. The minimum atomic E-state index is -2.97. The molecule has 0 aliphatic rings. The van der Waals surface area contributed by atoms with Crippen molar-refractivity contribution < 1.29 is 27.5 Å². The lowest BCUT2D eigenvalue weighted by Crippen LogP contribution is -2.26. The lowest BCUT2D eigenvalue weighted by atomic mass is 10.0. The van der Waals surface area contributed by atoms with Gasteiger partial charge in [-0.05, 0) is 49.6 Å². The van der Waals surface area contributed by atoms with Crippen LogP contribution in [-0.2, 0) is 6.54 Å². The number of methoxy groups -OCH3 is 1. The Morgan fingerprint density at radius 2 is 1.79 bits per heavy atom. The minimum Gasteiger partial charge on any atom is -0.493 e. The molecule has 2 aromatic carbocycles. The van der Waals surface area contributed by atoms with Crippen LogP contribution < -0.4 is 9.47 Å². The number of halogens is 2. The molecule has 29 heavy (non-hydrogen) atoms. The summed E-state index contributed by atoms with van der Waals surface area (Å²) < 4.78 is 40.7. The average molecular weight is 403 g/mol. The number of alkyl halides is 2. The molecule has 3 aromatic rings. The smallest absolute Gasteiger partial charge is 0.387 e. The molecule has 1 aromatic heterocycles. The molecule has 0 bridgehead atoms. The summed E-state index contributed by atoms with van der Waals surface area (Å²) in [5.74, 6) is 0.108. The van der Waals surface area contributed by atoms with Crippen molar-refractivity contribution in [3.8, 4) is 11.5 Å². The number of furan rings is 1. The third kappa shape index (κ3) is 4.04. The minimum absolute atomic E-state index is 0.0768. The van der Waals surface area contributed by atoms with Crippen molar-refractivity contribution in [3.05, 3.63) is 58.3 Å². The molecule has 0 N–H and O–H groups in total. The fraction of sp³-hybridized carbons (Fsp3) is 0.318. The highest BCUT2D eigenvalue weighted by Crippen LogP contribution is 2.32. The maximum absolute atomic E-state index is 13.0. The van der Waals surface area contributed by atoms with Crippen LogP contribution in [0.3, 0.4) is 0 Å². The number of aryl methyl sites for hydroxylation is 3. The van der Waals surface area contributed by atoms with E-state index in [0.29, 0.717) is 11.1 Å². The van der Waals surface area contributed by atoms with Crippen LogP contribution in [0.25, 0.3) is 11.0 Å². The molecule has 0 saturated heterocycles. The van der Waals surface area contributed by atoms with Gasteiger partial charge in [0.1, 0.15) is 5.58 Å². The molecule has 0 atom stereocenters. The summed E-state index contributed by atoms with van der Waals surface area (Å²) in [4.78, 5) is 14.5. The molecule has 0 spiro atoms. The summed E-state index contributed by atoms with van der Waals surface area (Å²) in [5, 5.41) is 0.943. The van der Waals surface area contributed by atoms with Crippen LogP contribution in [0.15, 0.2) is 34.7 Å². The number of ether oxygens (including phenoxy) is 2. The van der Waals surface area contributed by atoms with Crippen LogP contribution in [0.5, 0.6) is 11.5 Å². The van der Waals surface area contributed by atoms with Gasteiger partial charge in [-0.2, -0.15) is 8.78 Å². The Morgan fingerprint density at radius 1 is 1.10 bits per heavy atom. The number of hydrogen-bond acceptors (Lipinski definition) is 4. The van der Waals surface area contributed by atoms with Gasteiger partial charge in [0.2, 0.25) is 0 Å². The van der Waals surface area contributed by atoms with Gasteiger partial charge in [-0.25, -0.2) is 0 Å². The summed E-state index contributed by atoms with van der Waals surface area (Å²) in [6.45, 7) is 3.00. The number of nitrogens with zero attached hydrogens (tertiary/aromatic N) is 1. The van der Waals surface area contributed by atoms with E-state index in [1.165, 1.54) is 24.1 Å². The highest BCUT2D eigenvalue weighted by Gasteiger charge is 2.23. The Morgan fingerprint density at radius 3 is 2.41 bits per heavy atom. The van der Waals surface area contributed by atoms with Gasteiger partial charge in [-0.3, -0.25) is 4.79 Å². The first kappa shape index (κ1) is 20.6. The zero-order chi connectivity index (χ0) is 21.3. The molecule has 0 unspecified atom stereocenters. The van der Waals surface area contributed by atoms with Crippen molar-refractivity contribution in [2.24, 2.45) is 0 Å². The van der Waals surface area contributed by atoms with Crippen molar-refractivity contribution in [2.75, 3.05) is 14.2 Å². The number of carbonyl (C=O) groups excluding carboxylic acids is 1. The van der Waals surface area contributed by atoms with E-state index < -0.39 is 6.61 Å². The highest BCUT2D eigenvalue weighted by atomic mass is 19.3. The summed E-state index contributed by atoms with van der Waals surface area (Å²) in [6.07, 6.45) is 0. The number of carbonyl (C=O) groups is 1. The van der Waals surface area contributed by atoms with E-state index >= 15 is 0 Å². The number of fused-ring (bicyclic) bond motifs is 1. The maximum atomic E-state index is 13.0. The van der Waals surface area contributed by atoms with Crippen molar-refractivity contribution >= 4 is 16.9 Å². The lowest BCUT2D eigenvalue weighted by Gasteiger charge is -2.18. The topological polar surface area (TPSA) is 51.9 Å². The Hall–Kier alpha value is -3.09. The van der Waals surface area contributed by atoms with Gasteiger partial charge in [0, 0.05) is 24.5 Å². The fourth-order valence-electron chi connectivity index (χ4n) is 3.41. The SMILES string of the molecule is COc1ccc(CN(C)C(=O)c2oc3c(C)ccc(C)c3c2C)cc1OC(F)F. The Bertz CT molecular complexity index is 1060. The fourth-order valence-corrected chi connectivity index (χ4v) is 3.41. The third-order valence-electron chi connectivity index (χ3n) is 4.89. The monoisotopic (exact) mass is 403 g/mol. The summed E-state index contributed by atoms with van der Waals surface area (Å²) in [5.41, 5.74) is 4.11. The second-order valence-corrected chi connectivity index (χ2v) is 6.98. The van der Waals surface area contributed by atoms with Crippen molar-refractivity contribution in [1.29, 1.82) is 0 Å². The second kappa shape index (κ2) is 8.11. The molecule has 1 amide bonds. The standard InChI is InChI=1S/C22H23F2NO4/c1-12-6-7-13(2)19-18(12)14(3)20(29-19)21(26)25(4)11-15-8-9-16(27-5)17(10-15)28-22(23)24/h6-10,22H,11H2,1-5H3. The molecule has 1 heterocycles. The van der Waals surface area contributed by atoms with Gasteiger partial charge in [-0.15, -0.1) is 0 Å². The largest absolute Gasteiger partial charge is 0.493 e. The van der Waals surface area contributed by atoms with Gasteiger partial charge in [-0.1, -0.05) is 18.2 Å². The van der Waals surface area contributed by atoms with E-state index in [9.17, 15) is 13.6 Å². The number of amides is 1. The lowest BCUT2D eigenvalue weighted by molar-refractivity contribution is -0.0512. The van der Waals surface area contributed by atoms with Crippen LogP contribution in [-0.4, -0.2) is 31.6 Å². The van der Waals surface area contributed by atoms with E-state index in [1.807, 2.05) is 32.9 Å². The molecule has 0 radical (unpaired) electrons. The average Bonchev–Trinajstić information content (AvgIpc) is 3.02. The number of hydrogen-bond donors (Lipinski definition) is 0. The summed E-state index contributed by atoms with van der Waals surface area (Å²) in [6, 6.07) is 8.63. The predicted molar refractivity (Wildman–Crippen MR) is 106 cm³/mol. The van der Waals surface area contributed by atoms with Crippen molar-refractivity contribution in [3.63, 3.8) is 0 Å². The second-order valence-electron chi connectivity index (χ2n) is 6.98. The molecule has 0 saturated carbocycles. The van der Waals surface area contributed by atoms with Gasteiger partial charge in [0.25, 0.3) is 5.91 Å². The van der Waals surface area contributed by atoms with Gasteiger partial charge >= 0.3 is 6.61 Å². The molecule has 0 fully saturated rings. The first-order chi connectivity index (χ1) is 13.7. The number of benzene rings is 2. The Balaban J connectivity index is 1.88. The third-order valence-corrected chi connectivity index (χ3v) is 4.89. The van der Waals surface area contributed by atoms with Gasteiger partial charge in [0.15, 0.2) is 17.3 Å². The summed E-state index contributed by atoms with van der Waals surface area (Å²) >= 11 is 0. The van der Waals surface area contributed by atoms with Crippen LogP contribution in [0.1, 0.15) is 32.8 Å². The Labute approximate surface area is 167 Å². The molecule has 154 valence electrons. The van der Waals surface area contributed by atoms with Gasteiger partial charge in [0.05, 0.1) is 7.11 Å². The molecule has 0 aliphatic heterocycles. The molecular weight excluding hydrogens is 380 g/mol. The number of rotatable bonds is 6. The van der Waals surface area contributed by atoms with Crippen LogP contribution in [0.2, 0.25) is 0 Å². The highest BCUT2D eigenvalue weighted by molar-refractivity contribution is 6.00. The predicted octanol–water partition coefficient (Wildman–Crippen LogP) is 5.24. The van der Waals surface area contributed by atoms with Crippen LogP contribution >= 0.6 is 0 Å². The molecule has 0 aliphatic carbocycles. The zero-order valence-corrected chi connectivity index (χ0v) is 17.0. The van der Waals surface area contributed by atoms with E-state index in [0.717, 1.165) is 22.1 Å².